The summed E-state index contributed by atoms with van der Waals surface area (Å²) in [5.41, 5.74) is 0.722. The summed E-state index contributed by atoms with van der Waals surface area (Å²) >= 11 is 1.63. The second-order valence-electron chi connectivity index (χ2n) is 5.07. The smallest absolute Gasteiger partial charge is 0.252 e. The van der Waals surface area contributed by atoms with Gasteiger partial charge in [-0.3, -0.25) is 9.48 Å². The largest absolute Gasteiger partial charge is 0.342 e. The molecule has 0 aliphatic rings. The van der Waals surface area contributed by atoms with Gasteiger partial charge in [0.2, 0.25) is 0 Å². The first kappa shape index (κ1) is 14.7. The Bertz CT molecular complexity index is 588. The number of nitrogens with one attached hydrogen (secondary N) is 1. The highest BCUT2D eigenvalue weighted by atomic mass is 32.1. The molecule has 0 fully saturated rings. The number of hydrogen-bond donors (Lipinski definition) is 1. The van der Waals surface area contributed by atoms with Gasteiger partial charge >= 0.3 is 0 Å². The molecule has 20 heavy (non-hydrogen) atoms. The Morgan fingerprint density at radius 3 is 2.75 bits per heavy atom. The average molecular weight is 292 g/mol. The van der Waals surface area contributed by atoms with E-state index in [9.17, 15) is 4.79 Å². The number of amides is 1. The summed E-state index contributed by atoms with van der Waals surface area (Å²) in [5.74, 6) is 1.17. The van der Waals surface area contributed by atoms with E-state index >= 15 is 0 Å². The van der Waals surface area contributed by atoms with Crippen molar-refractivity contribution in [2.24, 2.45) is 7.05 Å². The lowest BCUT2D eigenvalue weighted by molar-refractivity contribution is 0.0933. The van der Waals surface area contributed by atoms with Crippen LogP contribution in [0.25, 0.3) is 0 Å². The highest BCUT2D eigenvalue weighted by molar-refractivity contribution is 7.10. The van der Waals surface area contributed by atoms with E-state index in [1.54, 1.807) is 16.0 Å². The Kier molecular flexibility index (Phi) is 4.54. The number of aromatic nitrogens is 3. The highest BCUT2D eigenvalue weighted by Crippen LogP contribution is 2.23. The van der Waals surface area contributed by atoms with E-state index in [0.29, 0.717) is 5.92 Å². The lowest BCUT2D eigenvalue weighted by atomic mass is 10.1. The second-order valence-corrected chi connectivity index (χ2v) is 6.01. The van der Waals surface area contributed by atoms with Crippen LogP contribution in [0, 0.1) is 0 Å². The lowest BCUT2D eigenvalue weighted by Crippen LogP contribution is -2.29. The van der Waals surface area contributed by atoms with E-state index in [4.69, 9.17) is 0 Å². The van der Waals surface area contributed by atoms with Crippen molar-refractivity contribution in [1.29, 1.82) is 0 Å². The Hall–Kier alpha value is -1.69. The Morgan fingerprint density at radius 2 is 2.25 bits per heavy atom. The third-order valence-electron chi connectivity index (χ3n) is 3.22. The van der Waals surface area contributed by atoms with Gasteiger partial charge in [0, 0.05) is 17.3 Å². The first-order chi connectivity index (χ1) is 9.52. The Morgan fingerprint density at radius 1 is 1.50 bits per heavy atom. The standard InChI is InChI=1S/C14H20N4OS/c1-5-11(13-15-8-16-18(13)4)17-14(19)10-6-12(9(2)3)20-7-10/h6-9,11H,5H2,1-4H3,(H,17,19). The van der Waals surface area contributed by atoms with Crippen LogP contribution in [0.3, 0.4) is 0 Å². The fourth-order valence-corrected chi connectivity index (χ4v) is 2.89. The zero-order chi connectivity index (χ0) is 14.7. The van der Waals surface area contributed by atoms with Crippen molar-refractivity contribution in [3.63, 3.8) is 0 Å². The minimum Gasteiger partial charge on any atom is -0.342 e. The maximum absolute atomic E-state index is 12.3. The van der Waals surface area contributed by atoms with Crippen molar-refractivity contribution in [2.75, 3.05) is 0 Å². The van der Waals surface area contributed by atoms with Crippen molar-refractivity contribution >= 4 is 17.2 Å². The molecular weight excluding hydrogens is 272 g/mol. The molecule has 5 nitrogen and oxygen atoms in total. The van der Waals surface area contributed by atoms with E-state index in [-0.39, 0.29) is 11.9 Å². The van der Waals surface area contributed by atoms with Crippen LogP contribution in [-0.2, 0) is 7.05 Å². The molecule has 2 heterocycles. The van der Waals surface area contributed by atoms with Crippen LogP contribution in [0.2, 0.25) is 0 Å². The molecule has 0 aliphatic carbocycles. The molecule has 0 saturated heterocycles. The zero-order valence-corrected chi connectivity index (χ0v) is 13.1. The van der Waals surface area contributed by atoms with Crippen LogP contribution in [0.5, 0.6) is 0 Å². The molecule has 2 rings (SSSR count). The Labute approximate surface area is 123 Å². The van der Waals surface area contributed by atoms with Crippen LogP contribution in [0.4, 0.5) is 0 Å². The number of hydrogen-bond acceptors (Lipinski definition) is 4. The summed E-state index contributed by atoms with van der Waals surface area (Å²) in [4.78, 5) is 17.7. The summed E-state index contributed by atoms with van der Waals surface area (Å²) in [6.45, 7) is 6.27. The molecule has 2 aromatic rings. The molecule has 0 bridgehead atoms. The minimum atomic E-state index is -0.114. The predicted molar refractivity (Wildman–Crippen MR) is 79.9 cm³/mol. The van der Waals surface area contributed by atoms with E-state index in [2.05, 4.69) is 29.2 Å². The molecule has 1 amide bonds. The summed E-state index contributed by atoms with van der Waals surface area (Å²) in [6.07, 6.45) is 2.28. The van der Waals surface area contributed by atoms with Crippen LogP contribution < -0.4 is 5.32 Å². The predicted octanol–water partition coefficient (Wildman–Crippen LogP) is 2.88. The van der Waals surface area contributed by atoms with Crippen LogP contribution in [0.15, 0.2) is 17.8 Å². The number of thiophene rings is 1. The molecule has 0 spiro atoms. The normalized spacial score (nSPS) is 12.7. The molecule has 6 heteroatoms. The van der Waals surface area contributed by atoms with Gasteiger partial charge in [0.05, 0.1) is 11.6 Å². The highest BCUT2D eigenvalue weighted by Gasteiger charge is 2.19. The first-order valence-electron chi connectivity index (χ1n) is 6.76. The quantitative estimate of drug-likeness (QED) is 0.921. The van der Waals surface area contributed by atoms with Gasteiger partial charge < -0.3 is 5.32 Å². The van der Waals surface area contributed by atoms with Gasteiger partial charge in [-0.15, -0.1) is 11.3 Å². The van der Waals surface area contributed by atoms with Crippen molar-refractivity contribution < 1.29 is 4.79 Å². The van der Waals surface area contributed by atoms with Crippen LogP contribution in [-0.4, -0.2) is 20.7 Å². The van der Waals surface area contributed by atoms with Crippen molar-refractivity contribution in [3.8, 4) is 0 Å². The van der Waals surface area contributed by atoms with Crippen LogP contribution in [0.1, 0.15) is 60.2 Å². The van der Waals surface area contributed by atoms with Crippen LogP contribution >= 0.6 is 11.3 Å². The molecule has 0 aromatic carbocycles. The van der Waals surface area contributed by atoms with Gasteiger partial charge in [0.1, 0.15) is 12.2 Å². The molecule has 0 radical (unpaired) electrons. The summed E-state index contributed by atoms with van der Waals surface area (Å²) < 4.78 is 1.70. The number of rotatable bonds is 5. The second kappa shape index (κ2) is 6.17. The van der Waals surface area contributed by atoms with E-state index < -0.39 is 0 Å². The van der Waals surface area contributed by atoms with Gasteiger partial charge in [-0.2, -0.15) is 5.10 Å². The molecule has 1 N–H and O–H groups in total. The maximum atomic E-state index is 12.3. The number of carbonyl (C=O) groups is 1. The van der Waals surface area contributed by atoms with E-state index in [0.717, 1.165) is 17.8 Å². The number of carbonyl (C=O) groups excluding carboxylic acids is 1. The number of nitrogens with zero attached hydrogens (tertiary/aromatic N) is 3. The van der Waals surface area contributed by atoms with Crippen molar-refractivity contribution in [3.05, 3.63) is 34.0 Å². The summed E-state index contributed by atoms with van der Waals surface area (Å²) in [7, 11) is 1.83. The third kappa shape index (κ3) is 3.07. The van der Waals surface area contributed by atoms with Gasteiger partial charge in [-0.25, -0.2) is 4.98 Å². The van der Waals surface area contributed by atoms with E-state index in [1.165, 1.54) is 11.2 Å². The van der Waals surface area contributed by atoms with Gasteiger partial charge in [0.15, 0.2) is 0 Å². The first-order valence-corrected chi connectivity index (χ1v) is 7.64. The molecule has 0 saturated carbocycles. The fraction of sp³-hybridized carbons (Fsp3) is 0.500. The molecule has 1 atom stereocenters. The zero-order valence-electron chi connectivity index (χ0n) is 12.3. The molecular formula is C14H20N4OS. The fourth-order valence-electron chi connectivity index (χ4n) is 1.99. The molecule has 1 unspecified atom stereocenters. The maximum Gasteiger partial charge on any atom is 0.252 e. The third-order valence-corrected chi connectivity index (χ3v) is 4.46. The lowest BCUT2D eigenvalue weighted by Gasteiger charge is -2.15. The molecule has 0 aliphatic heterocycles. The van der Waals surface area contributed by atoms with Gasteiger partial charge in [-0.1, -0.05) is 20.8 Å². The molecule has 108 valence electrons. The topological polar surface area (TPSA) is 59.8 Å². The monoisotopic (exact) mass is 292 g/mol. The summed E-state index contributed by atoms with van der Waals surface area (Å²) in [6, 6.07) is 1.85. The SMILES string of the molecule is CCC(NC(=O)c1csc(C(C)C)c1)c1ncnn1C. The minimum absolute atomic E-state index is 0.0528. The van der Waals surface area contributed by atoms with Gasteiger partial charge in [0.25, 0.3) is 5.91 Å². The molecule has 2 aromatic heterocycles. The van der Waals surface area contributed by atoms with E-state index in [1.807, 2.05) is 25.4 Å². The number of aryl methyl sites for hydroxylation is 1. The van der Waals surface area contributed by atoms with Crippen molar-refractivity contribution in [2.45, 2.75) is 39.2 Å². The van der Waals surface area contributed by atoms with Crippen molar-refractivity contribution in [1.82, 2.24) is 20.1 Å². The Balaban J connectivity index is 2.11. The van der Waals surface area contributed by atoms with Gasteiger partial charge in [-0.05, 0) is 18.4 Å². The average Bonchev–Trinajstić information content (AvgIpc) is 3.04. The summed E-state index contributed by atoms with van der Waals surface area (Å²) in [5, 5.41) is 8.98.